The molecule has 1 aromatic heterocycles. The van der Waals surface area contributed by atoms with Crippen molar-refractivity contribution in [2.24, 2.45) is 5.73 Å². The first kappa shape index (κ1) is 12.5. The van der Waals surface area contributed by atoms with Gasteiger partial charge in [0, 0.05) is 18.9 Å². The molecular formula is C13H21N3O. The third-order valence-electron chi connectivity index (χ3n) is 3.51. The minimum Gasteiger partial charge on any atom is -0.366 e. The van der Waals surface area contributed by atoms with Gasteiger partial charge in [-0.25, -0.2) is 9.97 Å². The molecule has 94 valence electrons. The van der Waals surface area contributed by atoms with Crippen LogP contribution in [0.3, 0.4) is 0 Å². The van der Waals surface area contributed by atoms with Crippen molar-refractivity contribution in [2.45, 2.75) is 50.7 Å². The first-order valence-electron chi connectivity index (χ1n) is 6.45. The molecule has 0 aromatic carbocycles. The van der Waals surface area contributed by atoms with Crippen molar-refractivity contribution >= 4 is 0 Å². The van der Waals surface area contributed by atoms with Crippen LogP contribution in [0.1, 0.15) is 44.3 Å². The average Bonchev–Trinajstić information content (AvgIpc) is 2.64. The molecule has 1 fully saturated rings. The molecule has 4 heteroatoms. The summed E-state index contributed by atoms with van der Waals surface area (Å²) >= 11 is 0. The van der Waals surface area contributed by atoms with Crippen molar-refractivity contribution in [1.82, 2.24) is 9.97 Å². The van der Waals surface area contributed by atoms with Crippen LogP contribution >= 0.6 is 0 Å². The third-order valence-corrected chi connectivity index (χ3v) is 3.51. The van der Waals surface area contributed by atoms with Gasteiger partial charge >= 0.3 is 0 Å². The third kappa shape index (κ3) is 3.48. The summed E-state index contributed by atoms with van der Waals surface area (Å²) in [6.07, 6.45) is 10.6. The second kappa shape index (κ2) is 6.07. The Kier molecular flexibility index (Phi) is 4.45. The molecule has 1 aliphatic rings. The van der Waals surface area contributed by atoms with Crippen LogP contribution in [0, 0.1) is 0 Å². The Labute approximate surface area is 103 Å². The van der Waals surface area contributed by atoms with Gasteiger partial charge in [0.15, 0.2) is 5.82 Å². The molecule has 1 saturated carbocycles. The zero-order valence-corrected chi connectivity index (χ0v) is 10.3. The van der Waals surface area contributed by atoms with E-state index in [1.165, 1.54) is 25.7 Å². The lowest BCUT2D eigenvalue weighted by molar-refractivity contribution is -0.0627. The summed E-state index contributed by atoms with van der Waals surface area (Å²) in [5.41, 5.74) is 5.76. The SMILES string of the molecule is NCC1(OCc2ncccn2)CCCCCC1. The van der Waals surface area contributed by atoms with E-state index in [2.05, 4.69) is 9.97 Å². The van der Waals surface area contributed by atoms with Crippen LogP contribution < -0.4 is 5.73 Å². The highest BCUT2D eigenvalue weighted by Gasteiger charge is 2.30. The highest BCUT2D eigenvalue weighted by atomic mass is 16.5. The Bertz CT molecular complexity index is 321. The molecule has 0 spiro atoms. The molecule has 2 N–H and O–H groups in total. The number of hydrogen-bond acceptors (Lipinski definition) is 4. The molecule has 0 amide bonds. The molecule has 1 heterocycles. The molecule has 0 unspecified atom stereocenters. The maximum absolute atomic E-state index is 6.04. The van der Waals surface area contributed by atoms with Crippen LogP contribution in [0.5, 0.6) is 0 Å². The first-order chi connectivity index (χ1) is 8.35. The second-order valence-corrected chi connectivity index (χ2v) is 4.76. The fourth-order valence-corrected chi connectivity index (χ4v) is 2.40. The summed E-state index contributed by atoms with van der Waals surface area (Å²) < 4.78 is 6.04. The minimum atomic E-state index is -0.143. The van der Waals surface area contributed by atoms with E-state index in [1.807, 2.05) is 6.07 Å². The first-order valence-corrected chi connectivity index (χ1v) is 6.45. The predicted octanol–water partition coefficient (Wildman–Crippen LogP) is 2.04. The smallest absolute Gasteiger partial charge is 0.153 e. The number of nitrogens with two attached hydrogens (primary N) is 1. The van der Waals surface area contributed by atoms with E-state index in [9.17, 15) is 0 Å². The summed E-state index contributed by atoms with van der Waals surface area (Å²) in [6.45, 7) is 1.07. The van der Waals surface area contributed by atoms with E-state index in [0.29, 0.717) is 13.2 Å². The molecule has 1 aromatic rings. The van der Waals surface area contributed by atoms with Gasteiger partial charge in [-0.15, -0.1) is 0 Å². The lowest BCUT2D eigenvalue weighted by atomic mass is 9.94. The van der Waals surface area contributed by atoms with Crippen LogP contribution in [-0.2, 0) is 11.3 Å². The van der Waals surface area contributed by atoms with Crippen molar-refractivity contribution in [2.75, 3.05) is 6.54 Å². The van der Waals surface area contributed by atoms with E-state index in [0.717, 1.165) is 18.7 Å². The highest BCUT2D eigenvalue weighted by Crippen LogP contribution is 2.30. The quantitative estimate of drug-likeness (QED) is 0.811. The molecule has 0 saturated heterocycles. The van der Waals surface area contributed by atoms with Gasteiger partial charge in [-0.1, -0.05) is 25.7 Å². The Morgan fingerprint density at radius 2 is 1.76 bits per heavy atom. The molecule has 0 radical (unpaired) electrons. The molecule has 4 nitrogen and oxygen atoms in total. The molecule has 0 atom stereocenters. The normalized spacial score (nSPS) is 19.8. The molecule has 0 aliphatic heterocycles. The summed E-state index contributed by atoms with van der Waals surface area (Å²) in [7, 11) is 0. The molecule has 17 heavy (non-hydrogen) atoms. The van der Waals surface area contributed by atoms with Gasteiger partial charge in [-0.05, 0) is 18.9 Å². The van der Waals surface area contributed by atoms with Gasteiger partial charge in [0.1, 0.15) is 6.61 Å². The Balaban J connectivity index is 1.94. The van der Waals surface area contributed by atoms with Crippen LogP contribution in [-0.4, -0.2) is 22.1 Å². The van der Waals surface area contributed by atoms with E-state index < -0.39 is 0 Å². The van der Waals surface area contributed by atoms with Crippen molar-refractivity contribution in [3.8, 4) is 0 Å². The predicted molar refractivity (Wildman–Crippen MR) is 66.3 cm³/mol. The van der Waals surface area contributed by atoms with Crippen molar-refractivity contribution in [3.63, 3.8) is 0 Å². The fourth-order valence-electron chi connectivity index (χ4n) is 2.40. The molecule has 2 rings (SSSR count). The number of ether oxygens (including phenoxy) is 1. The van der Waals surface area contributed by atoms with Gasteiger partial charge in [0.05, 0.1) is 5.60 Å². The molecular weight excluding hydrogens is 214 g/mol. The Morgan fingerprint density at radius 3 is 2.35 bits per heavy atom. The largest absolute Gasteiger partial charge is 0.366 e. The van der Waals surface area contributed by atoms with Crippen molar-refractivity contribution in [3.05, 3.63) is 24.3 Å². The summed E-state index contributed by atoms with van der Waals surface area (Å²) in [5.74, 6) is 0.740. The topological polar surface area (TPSA) is 61.0 Å². The zero-order valence-electron chi connectivity index (χ0n) is 10.3. The van der Waals surface area contributed by atoms with Gasteiger partial charge in [-0.2, -0.15) is 0 Å². The van der Waals surface area contributed by atoms with E-state index >= 15 is 0 Å². The van der Waals surface area contributed by atoms with E-state index in [4.69, 9.17) is 10.5 Å². The molecule has 1 aliphatic carbocycles. The van der Waals surface area contributed by atoms with E-state index in [-0.39, 0.29) is 5.60 Å². The lowest BCUT2D eigenvalue weighted by Gasteiger charge is -2.31. The van der Waals surface area contributed by atoms with Crippen LogP contribution in [0.4, 0.5) is 0 Å². The summed E-state index contributed by atoms with van der Waals surface area (Å²) in [5, 5.41) is 0. The van der Waals surface area contributed by atoms with Gasteiger partial charge in [0.2, 0.25) is 0 Å². The fraction of sp³-hybridized carbons (Fsp3) is 0.692. The van der Waals surface area contributed by atoms with Gasteiger partial charge in [-0.3, -0.25) is 0 Å². The molecule has 0 bridgehead atoms. The van der Waals surface area contributed by atoms with Crippen molar-refractivity contribution < 1.29 is 4.74 Å². The zero-order chi connectivity index (χ0) is 12.0. The second-order valence-electron chi connectivity index (χ2n) is 4.76. The average molecular weight is 235 g/mol. The van der Waals surface area contributed by atoms with E-state index in [1.54, 1.807) is 12.4 Å². The van der Waals surface area contributed by atoms with Crippen LogP contribution in [0.2, 0.25) is 0 Å². The number of rotatable bonds is 4. The Hall–Kier alpha value is -1.00. The van der Waals surface area contributed by atoms with Crippen molar-refractivity contribution in [1.29, 1.82) is 0 Å². The van der Waals surface area contributed by atoms with Crippen LogP contribution in [0.25, 0.3) is 0 Å². The highest BCUT2D eigenvalue weighted by molar-refractivity contribution is 4.89. The Morgan fingerprint density at radius 1 is 1.12 bits per heavy atom. The van der Waals surface area contributed by atoms with Crippen LogP contribution in [0.15, 0.2) is 18.5 Å². The van der Waals surface area contributed by atoms with Gasteiger partial charge < -0.3 is 10.5 Å². The standard InChI is InChI=1S/C13H21N3O/c14-11-13(6-3-1-2-4-7-13)17-10-12-15-8-5-9-16-12/h5,8-9H,1-4,6-7,10-11,14H2. The van der Waals surface area contributed by atoms with Gasteiger partial charge in [0.25, 0.3) is 0 Å². The maximum Gasteiger partial charge on any atom is 0.153 e. The maximum atomic E-state index is 6.04. The summed E-state index contributed by atoms with van der Waals surface area (Å²) in [4.78, 5) is 8.35. The lowest BCUT2D eigenvalue weighted by Crippen LogP contribution is -2.40. The number of hydrogen-bond donors (Lipinski definition) is 1. The monoisotopic (exact) mass is 235 g/mol. The summed E-state index contributed by atoms with van der Waals surface area (Å²) in [6, 6.07) is 1.81. The number of aromatic nitrogens is 2. The minimum absolute atomic E-state index is 0.143. The number of nitrogens with zero attached hydrogens (tertiary/aromatic N) is 2.